The van der Waals surface area contributed by atoms with Gasteiger partial charge in [0.05, 0.1) is 12.0 Å². The fourth-order valence-electron chi connectivity index (χ4n) is 2.40. The molecule has 0 N–H and O–H groups in total. The third-order valence-electron chi connectivity index (χ3n) is 3.25. The van der Waals surface area contributed by atoms with Crippen LogP contribution in [0.15, 0.2) is 6.33 Å². The second-order valence-corrected chi connectivity index (χ2v) is 5.59. The summed E-state index contributed by atoms with van der Waals surface area (Å²) >= 11 is 0. The Morgan fingerprint density at radius 3 is 2.40 bits per heavy atom. The van der Waals surface area contributed by atoms with E-state index in [-0.39, 0.29) is 5.54 Å². The quantitative estimate of drug-likeness (QED) is 0.637. The zero-order valence-corrected chi connectivity index (χ0v) is 10.2. The number of aromatic nitrogens is 2. The van der Waals surface area contributed by atoms with Crippen molar-refractivity contribution in [2.45, 2.75) is 64.8 Å². The molecule has 1 aliphatic carbocycles. The van der Waals surface area contributed by atoms with Crippen molar-refractivity contribution in [3.63, 3.8) is 0 Å². The highest BCUT2D eigenvalue weighted by Crippen LogP contribution is 2.24. The number of rotatable bonds is 0. The van der Waals surface area contributed by atoms with Crippen molar-refractivity contribution in [1.29, 1.82) is 0 Å². The molecule has 0 bridgehead atoms. The molecule has 1 aromatic heterocycles. The molecule has 0 atom stereocenters. The lowest BCUT2D eigenvalue weighted by atomic mass is 9.99. The highest BCUT2D eigenvalue weighted by Gasteiger charge is 2.20. The molecule has 0 radical (unpaired) electrons. The lowest BCUT2D eigenvalue weighted by Crippen LogP contribution is -2.23. The molecule has 2 rings (SSSR count). The van der Waals surface area contributed by atoms with E-state index in [9.17, 15) is 0 Å². The van der Waals surface area contributed by atoms with Crippen LogP contribution in [0.1, 0.15) is 57.8 Å². The number of hydrogen-bond donors (Lipinski definition) is 0. The van der Waals surface area contributed by atoms with E-state index in [1.54, 1.807) is 0 Å². The van der Waals surface area contributed by atoms with Crippen molar-refractivity contribution in [3.05, 3.63) is 17.7 Å². The monoisotopic (exact) mass is 206 g/mol. The van der Waals surface area contributed by atoms with Gasteiger partial charge in [0, 0.05) is 11.2 Å². The first-order valence-corrected chi connectivity index (χ1v) is 6.14. The van der Waals surface area contributed by atoms with Crippen molar-refractivity contribution in [3.8, 4) is 0 Å². The van der Waals surface area contributed by atoms with Gasteiger partial charge in [0.15, 0.2) is 0 Å². The van der Waals surface area contributed by atoms with Gasteiger partial charge in [-0.3, -0.25) is 0 Å². The minimum atomic E-state index is 0.180. The van der Waals surface area contributed by atoms with Crippen molar-refractivity contribution in [2.24, 2.45) is 0 Å². The summed E-state index contributed by atoms with van der Waals surface area (Å²) < 4.78 is 2.37. The first-order chi connectivity index (χ1) is 7.09. The van der Waals surface area contributed by atoms with Crippen LogP contribution in [0.25, 0.3) is 0 Å². The summed E-state index contributed by atoms with van der Waals surface area (Å²) in [5, 5.41) is 0. The fourth-order valence-corrected chi connectivity index (χ4v) is 2.40. The largest absolute Gasteiger partial charge is 0.329 e. The van der Waals surface area contributed by atoms with Gasteiger partial charge in [-0.25, -0.2) is 4.98 Å². The summed E-state index contributed by atoms with van der Waals surface area (Å²) in [6, 6.07) is 0. The van der Waals surface area contributed by atoms with Gasteiger partial charge in [-0.05, 0) is 46.5 Å². The summed E-state index contributed by atoms with van der Waals surface area (Å²) in [6.07, 6.45) is 9.83. The van der Waals surface area contributed by atoms with Crippen molar-refractivity contribution in [2.75, 3.05) is 0 Å². The smallest absolute Gasteiger partial charge is 0.0956 e. The van der Waals surface area contributed by atoms with E-state index in [4.69, 9.17) is 0 Å². The zero-order chi connectivity index (χ0) is 10.9. The molecule has 2 nitrogen and oxygen atoms in total. The predicted octanol–water partition coefficient (Wildman–Crippen LogP) is 3.30. The van der Waals surface area contributed by atoms with E-state index in [2.05, 4.69) is 30.3 Å². The Bertz CT molecular complexity index is 331. The summed E-state index contributed by atoms with van der Waals surface area (Å²) in [4.78, 5) is 4.59. The van der Waals surface area contributed by atoms with Crippen LogP contribution < -0.4 is 0 Å². The van der Waals surface area contributed by atoms with E-state index >= 15 is 0 Å². The predicted molar refractivity (Wildman–Crippen MR) is 63.1 cm³/mol. The molecular formula is C13H22N2. The van der Waals surface area contributed by atoms with Crippen LogP contribution >= 0.6 is 0 Å². The molecule has 2 heteroatoms. The lowest BCUT2D eigenvalue weighted by Gasteiger charge is -2.24. The van der Waals surface area contributed by atoms with E-state index < -0.39 is 0 Å². The maximum absolute atomic E-state index is 4.59. The highest BCUT2D eigenvalue weighted by atomic mass is 15.1. The van der Waals surface area contributed by atoms with Gasteiger partial charge in [-0.15, -0.1) is 0 Å². The molecule has 0 aliphatic heterocycles. The molecule has 0 saturated carbocycles. The molecule has 1 heterocycles. The van der Waals surface area contributed by atoms with Gasteiger partial charge in [-0.2, -0.15) is 0 Å². The third-order valence-corrected chi connectivity index (χ3v) is 3.25. The van der Waals surface area contributed by atoms with Crippen LogP contribution in [0.5, 0.6) is 0 Å². The maximum Gasteiger partial charge on any atom is 0.0956 e. The number of fused-ring (bicyclic) bond motifs is 1. The SMILES string of the molecule is CC(C)(C)n1cnc2c1CCCCCC2. The molecular weight excluding hydrogens is 184 g/mol. The summed E-state index contributed by atoms with van der Waals surface area (Å²) in [7, 11) is 0. The van der Waals surface area contributed by atoms with E-state index in [1.807, 2.05) is 6.33 Å². The van der Waals surface area contributed by atoms with Gasteiger partial charge < -0.3 is 4.57 Å². The Morgan fingerprint density at radius 2 is 1.73 bits per heavy atom. The first kappa shape index (κ1) is 10.7. The van der Waals surface area contributed by atoms with Gasteiger partial charge >= 0.3 is 0 Å². The van der Waals surface area contributed by atoms with Gasteiger partial charge in [0.25, 0.3) is 0 Å². The van der Waals surface area contributed by atoms with Gasteiger partial charge in [0.2, 0.25) is 0 Å². The summed E-state index contributed by atoms with van der Waals surface area (Å²) in [5.74, 6) is 0. The van der Waals surface area contributed by atoms with E-state index in [0.717, 1.165) is 0 Å². The number of hydrogen-bond acceptors (Lipinski definition) is 1. The molecule has 0 saturated heterocycles. The molecule has 84 valence electrons. The van der Waals surface area contributed by atoms with Crippen LogP contribution in [0, 0.1) is 0 Å². The van der Waals surface area contributed by atoms with Gasteiger partial charge in [0.1, 0.15) is 0 Å². The number of imidazole rings is 1. The van der Waals surface area contributed by atoms with Crippen LogP contribution in [0.3, 0.4) is 0 Å². The van der Waals surface area contributed by atoms with Crippen LogP contribution in [-0.4, -0.2) is 9.55 Å². The Labute approximate surface area is 92.7 Å². The normalized spacial score (nSPS) is 18.1. The van der Waals surface area contributed by atoms with E-state index in [0.29, 0.717) is 0 Å². The van der Waals surface area contributed by atoms with Crippen molar-refractivity contribution >= 4 is 0 Å². The molecule has 0 aromatic carbocycles. The van der Waals surface area contributed by atoms with Crippen molar-refractivity contribution in [1.82, 2.24) is 9.55 Å². The third kappa shape index (κ3) is 2.24. The van der Waals surface area contributed by atoms with Crippen molar-refractivity contribution < 1.29 is 0 Å². The second kappa shape index (κ2) is 3.99. The summed E-state index contributed by atoms with van der Waals surface area (Å²) in [6.45, 7) is 6.77. The fraction of sp³-hybridized carbons (Fsp3) is 0.769. The topological polar surface area (TPSA) is 17.8 Å². The Morgan fingerprint density at radius 1 is 1.07 bits per heavy atom. The summed E-state index contributed by atoms with van der Waals surface area (Å²) in [5.41, 5.74) is 3.02. The van der Waals surface area contributed by atoms with Crippen LogP contribution in [0.2, 0.25) is 0 Å². The van der Waals surface area contributed by atoms with Crippen LogP contribution in [0.4, 0.5) is 0 Å². The number of nitrogens with zero attached hydrogens (tertiary/aromatic N) is 2. The highest BCUT2D eigenvalue weighted by molar-refractivity contribution is 5.16. The number of aryl methyl sites for hydroxylation is 1. The standard InChI is InChI=1S/C13H22N2/c1-13(2,3)15-10-14-11-8-6-4-5-7-9-12(11)15/h10H,4-9H2,1-3H3. The Balaban J connectivity index is 2.34. The van der Waals surface area contributed by atoms with Gasteiger partial charge in [-0.1, -0.05) is 12.8 Å². The molecule has 15 heavy (non-hydrogen) atoms. The molecule has 0 amide bonds. The van der Waals surface area contributed by atoms with Crippen LogP contribution in [-0.2, 0) is 18.4 Å². The zero-order valence-electron chi connectivity index (χ0n) is 10.2. The molecule has 0 fully saturated rings. The average molecular weight is 206 g/mol. The second-order valence-electron chi connectivity index (χ2n) is 5.59. The lowest BCUT2D eigenvalue weighted by molar-refractivity contribution is 0.380. The molecule has 0 unspecified atom stereocenters. The maximum atomic E-state index is 4.59. The molecule has 1 aliphatic rings. The van der Waals surface area contributed by atoms with E-state index in [1.165, 1.54) is 49.9 Å². The first-order valence-electron chi connectivity index (χ1n) is 6.14. The average Bonchev–Trinajstić information content (AvgIpc) is 2.46. The Hall–Kier alpha value is -0.790. The molecule has 1 aromatic rings. The molecule has 0 spiro atoms. The minimum absolute atomic E-state index is 0.180. The Kier molecular flexibility index (Phi) is 2.85. The minimum Gasteiger partial charge on any atom is -0.329 e.